The first-order valence-corrected chi connectivity index (χ1v) is 8.99. The number of benzene rings is 2. The third kappa shape index (κ3) is 2.92. The van der Waals surface area contributed by atoms with E-state index in [1.807, 2.05) is 54.6 Å². The molecule has 138 valence electrons. The van der Waals surface area contributed by atoms with Gasteiger partial charge in [0.25, 0.3) is 5.91 Å². The van der Waals surface area contributed by atoms with Crippen molar-refractivity contribution >= 4 is 28.9 Å². The van der Waals surface area contributed by atoms with Crippen molar-refractivity contribution in [1.82, 2.24) is 15.0 Å². The summed E-state index contributed by atoms with van der Waals surface area (Å²) in [5.74, 6) is 0.690. The summed E-state index contributed by atoms with van der Waals surface area (Å²) in [5, 5.41) is 14.0. The van der Waals surface area contributed by atoms with Crippen LogP contribution in [-0.4, -0.2) is 27.5 Å². The third-order valence-corrected chi connectivity index (χ3v) is 4.72. The van der Waals surface area contributed by atoms with E-state index in [1.165, 1.54) is 0 Å². The molecule has 0 unspecified atom stereocenters. The maximum atomic E-state index is 12.4. The first-order chi connectivity index (χ1) is 13.8. The van der Waals surface area contributed by atoms with Crippen LogP contribution in [0.25, 0.3) is 11.6 Å². The Morgan fingerprint density at radius 1 is 1.04 bits per heavy atom. The smallest absolute Gasteiger partial charge is 0.258 e. The summed E-state index contributed by atoms with van der Waals surface area (Å²) < 4.78 is 7.53. The minimum atomic E-state index is -0.0927. The van der Waals surface area contributed by atoms with E-state index in [1.54, 1.807) is 17.1 Å². The fraction of sp³-hybridized carbons (Fsp3) is 0.0952. The van der Waals surface area contributed by atoms with Crippen LogP contribution in [0.4, 0.5) is 11.4 Å². The standard InChI is InChI=1S/C21H17N5O2/c27-21-20(16-3-1-2-4-18(16)24-21)19-7-5-14-13-15(6-8-17(14)23-19)28-12-11-26-10-9-22-25-26/h1-10,13,23H,11-12H2,(H,24,27)/b20-19-. The number of nitrogens with one attached hydrogen (secondary N) is 2. The molecule has 0 fully saturated rings. The van der Waals surface area contributed by atoms with Gasteiger partial charge in [-0.15, -0.1) is 5.10 Å². The lowest BCUT2D eigenvalue weighted by atomic mass is 10.0. The summed E-state index contributed by atoms with van der Waals surface area (Å²) >= 11 is 0. The number of anilines is 2. The number of fused-ring (bicyclic) bond motifs is 2. The minimum Gasteiger partial charge on any atom is -0.492 e. The number of allylic oxidation sites excluding steroid dienone is 1. The lowest BCUT2D eigenvalue weighted by Crippen LogP contribution is -2.12. The molecule has 5 rings (SSSR count). The fourth-order valence-electron chi connectivity index (χ4n) is 3.38. The van der Waals surface area contributed by atoms with Gasteiger partial charge in [0.15, 0.2) is 0 Å². The normalized spacial score (nSPS) is 16.9. The van der Waals surface area contributed by atoms with Crippen LogP contribution in [-0.2, 0) is 11.3 Å². The first kappa shape index (κ1) is 16.3. The van der Waals surface area contributed by atoms with Gasteiger partial charge in [-0.25, -0.2) is 4.68 Å². The SMILES string of the molecule is O=C1Nc2ccccc2/C1=C1\C=Cc2cc(OCCn3ccnn3)ccc2N1. The second-order valence-electron chi connectivity index (χ2n) is 6.51. The molecule has 0 atom stereocenters. The van der Waals surface area contributed by atoms with Crippen molar-refractivity contribution in [3.05, 3.63) is 77.8 Å². The van der Waals surface area contributed by atoms with E-state index in [4.69, 9.17) is 4.74 Å². The molecule has 3 aromatic rings. The van der Waals surface area contributed by atoms with Crippen molar-refractivity contribution in [3.8, 4) is 5.75 Å². The summed E-state index contributed by atoms with van der Waals surface area (Å²) in [6, 6.07) is 13.6. The number of carbonyl (C=O) groups is 1. The number of hydrogen-bond acceptors (Lipinski definition) is 5. The highest BCUT2D eigenvalue weighted by Gasteiger charge is 2.27. The van der Waals surface area contributed by atoms with Crippen molar-refractivity contribution in [3.63, 3.8) is 0 Å². The van der Waals surface area contributed by atoms with E-state index in [9.17, 15) is 4.79 Å². The molecular weight excluding hydrogens is 354 g/mol. The van der Waals surface area contributed by atoms with Gasteiger partial charge in [-0.3, -0.25) is 4.79 Å². The minimum absolute atomic E-state index is 0.0927. The summed E-state index contributed by atoms with van der Waals surface area (Å²) in [6.45, 7) is 1.14. The average Bonchev–Trinajstić information content (AvgIpc) is 3.34. The molecule has 2 aromatic carbocycles. The van der Waals surface area contributed by atoms with Gasteiger partial charge in [-0.05, 0) is 30.3 Å². The molecular formula is C21H17N5O2. The Bertz CT molecular complexity index is 1120. The van der Waals surface area contributed by atoms with E-state index >= 15 is 0 Å². The summed E-state index contributed by atoms with van der Waals surface area (Å²) in [4.78, 5) is 12.4. The van der Waals surface area contributed by atoms with Crippen LogP contribution >= 0.6 is 0 Å². The maximum absolute atomic E-state index is 12.4. The van der Waals surface area contributed by atoms with Crippen LogP contribution in [0, 0.1) is 0 Å². The Hall–Kier alpha value is -3.87. The number of amides is 1. The van der Waals surface area contributed by atoms with Crippen LogP contribution in [0.1, 0.15) is 11.1 Å². The van der Waals surface area contributed by atoms with E-state index in [-0.39, 0.29) is 5.91 Å². The zero-order chi connectivity index (χ0) is 18.9. The molecule has 3 heterocycles. The summed E-state index contributed by atoms with van der Waals surface area (Å²) in [5.41, 5.74) is 5.14. The predicted octanol–water partition coefficient (Wildman–Crippen LogP) is 3.16. The topological polar surface area (TPSA) is 81.1 Å². The van der Waals surface area contributed by atoms with E-state index < -0.39 is 0 Å². The highest BCUT2D eigenvalue weighted by Crippen LogP contribution is 2.37. The van der Waals surface area contributed by atoms with Gasteiger partial charge in [0.2, 0.25) is 0 Å². The molecule has 0 aliphatic carbocycles. The molecule has 28 heavy (non-hydrogen) atoms. The molecule has 7 nitrogen and oxygen atoms in total. The zero-order valence-corrected chi connectivity index (χ0v) is 14.9. The molecule has 1 amide bonds. The highest BCUT2D eigenvalue weighted by molar-refractivity contribution is 6.33. The largest absolute Gasteiger partial charge is 0.492 e. The summed E-state index contributed by atoms with van der Waals surface area (Å²) in [6.07, 6.45) is 7.37. The molecule has 0 radical (unpaired) electrons. The number of nitrogens with zero attached hydrogens (tertiary/aromatic N) is 3. The van der Waals surface area contributed by atoms with Crippen LogP contribution in [0.2, 0.25) is 0 Å². The summed E-state index contributed by atoms with van der Waals surface area (Å²) in [7, 11) is 0. The van der Waals surface area contributed by atoms with Crippen LogP contribution in [0.5, 0.6) is 5.75 Å². The van der Waals surface area contributed by atoms with Crippen LogP contribution in [0.15, 0.2) is 66.6 Å². The zero-order valence-electron chi connectivity index (χ0n) is 14.9. The molecule has 1 aromatic heterocycles. The Morgan fingerprint density at radius 3 is 2.86 bits per heavy atom. The maximum Gasteiger partial charge on any atom is 0.258 e. The van der Waals surface area contributed by atoms with Gasteiger partial charge in [0.1, 0.15) is 12.4 Å². The molecule has 0 saturated carbocycles. The second kappa shape index (κ2) is 6.70. The van der Waals surface area contributed by atoms with Crippen molar-refractivity contribution in [1.29, 1.82) is 0 Å². The predicted molar refractivity (Wildman–Crippen MR) is 107 cm³/mol. The van der Waals surface area contributed by atoms with Crippen LogP contribution in [0.3, 0.4) is 0 Å². The van der Waals surface area contributed by atoms with Gasteiger partial charge >= 0.3 is 0 Å². The number of carbonyl (C=O) groups excluding carboxylic acids is 1. The molecule has 0 bridgehead atoms. The average molecular weight is 371 g/mol. The van der Waals surface area contributed by atoms with Gasteiger partial charge in [0.05, 0.1) is 24.0 Å². The molecule has 7 heteroatoms. The highest BCUT2D eigenvalue weighted by atomic mass is 16.5. The Morgan fingerprint density at radius 2 is 1.96 bits per heavy atom. The van der Waals surface area contributed by atoms with Crippen molar-refractivity contribution in [2.45, 2.75) is 6.54 Å². The van der Waals surface area contributed by atoms with E-state index in [0.717, 1.165) is 33.9 Å². The van der Waals surface area contributed by atoms with Gasteiger partial charge < -0.3 is 15.4 Å². The number of ether oxygens (including phenoxy) is 1. The number of hydrogen-bond donors (Lipinski definition) is 2. The Kier molecular flexibility index (Phi) is 3.90. The molecule has 0 spiro atoms. The fourth-order valence-corrected chi connectivity index (χ4v) is 3.38. The third-order valence-electron chi connectivity index (χ3n) is 4.72. The quantitative estimate of drug-likeness (QED) is 0.689. The van der Waals surface area contributed by atoms with Crippen molar-refractivity contribution in [2.75, 3.05) is 17.2 Å². The van der Waals surface area contributed by atoms with Crippen molar-refractivity contribution < 1.29 is 9.53 Å². The molecule has 2 aliphatic heterocycles. The first-order valence-electron chi connectivity index (χ1n) is 8.99. The molecule has 2 aliphatic rings. The molecule has 0 saturated heterocycles. The Balaban J connectivity index is 1.36. The van der Waals surface area contributed by atoms with E-state index in [2.05, 4.69) is 20.9 Å². The van der Waals surface area contributed by atoms with E-state index in [0.29, 0.717) is 18.7 Å². The molecule has 2 N–H and O–H groups in total. The number of para-hydroxylation sites is 1. The lowest BCUT2D eigenvalue weighted by molar-refractivity contribution is -0.110. The van der Waals surface area contributed by atoms with Gasteiger partial charge in [0, 0.05) is 28.7 Å². The second-order valence-corrected chi connectivity index (χ2v) is 6.51. The van der Waals surface area contributed by atoms with Crippen LogP contribution < -0.4 is 15.4 Å². The monoisotopic (exact) mass is 371 g/mol. The lowest BCUT2D eigenvalue weighted by Gasteiger charge is -2.18. The van der Waals surface area contributed by atoms with Gasteiger partial charge in [-0.1, -0.05) is 29.5 Å². The Labute approximate surface area is 161 Å². The van der Waals surface area contributed by atoms with Crippen molar-refractivity contribution in [2.24, 2.45) is 0 Å². The van der Waals surface area contributed by atoms with Gasteiger partial charge in [-0.2, -0.15) is 0 Å². The number of rotatable bonds is 4. The number of aromatic nitrogens is 3.